The Morgan fingerprint density at radius 1 is 0.463 bits per heavy atom. The van der Waals surface area contributed by atoms with E-state index in [0.29, 0.717) is 33.6 Å². The van der Waals surface area contributed by atoms with Crippen LogP contribution in [0.25, 0.3) is 60.9 Å². The molecule has 254 valence electrons. The molecule has 8 aromatic rings. The van der Waals surface area contributed by atoms with Crippen LogP contribution in [-0.2, 0) is 0 Å². The lowest BCUT2D eigenvalue weighted by Gasteiger charge is -2.18. The van der Waals surface area contributed by atoms with Gasteiger partial charge in [0.25, 0.3) is 11.8 Å². The molecule has 0 aliphatic carbocycles. The van der Waals surface area contributed by atoms with E-state index in [4.69, 9.17) is 0 Å². The van der Waals surface area contributed by atoms with Crippen LogP contribution in [0.4, 0.5) is 5.69 Å². The predicted molar refractivity (Wildman–Crippen MR) is 214 cm³/mol. The van der Waals surface area contributed by atoms with Gasteiger partial charge in [0, 0.05) is 16.3 Å². The maximum atomic E-state index is 14.8. The van der Waals surface area contributed by atoms with Crippen LogP contribution in [0.15, 0.2) is 146 Å². The van der Waals surface area contributed by atoms with Crippen molar-refractivity contribution in [3.8, 4) is 51.2 Å². The summed E-state index contributed by atoms with van der Waals surface area (Å²) in [6.07, 6.45) is 0. The number of amides is 2. The number of imide groups is 1. The molecule has 1 aromatic heterocycles. The van der Waals surface area contributed by atoms with E-state index in [1.165, 1.54) is 4.90 Å². The van der Waals surface area contributed by atoms with Crippen molar-refractivity contribution in [2.45, 2.75) is 13.8 Å². The first-order valence-electron chi connectivity index (χ1n) is 17.6. The SMILES string of the molecule is Cc1cc(C#N)ccc1-c1cccc2c1c1c(-c3ccc(C#N)cc3C)cccc1n2-c1cccc2c1C(=O)N(c1ccccc1-c1ccccc1)C2=O. The maximum Gasteiger partial charge on any atom is 0.268 e. The molecule has 7 aromatic carbocycles. The zero-order valence-corrected chi connectivity index (χ0v) is 29.5. The second kappa shape index (κ2) is 12.6. The van der Waals surface area contributed by atoms with Gasteiger partial charge in [0.05, 0.1) is 56.8 Å². The Hall–Kier alpha value is -7.54. The number of rotatable bonds is 5. The fourth-order valence-corrected chi connectivity index (χ4v) is 8.09. The molecule has 9 rings (SSSR count). The molecule has 0 bridgehead atoms. The number of carbonyl (C=O) groups is 2. The van der Waals surface area contributed by atoms with Crippen LogP contribution in [0.2, 0.25) is 0 Å². The molecular weight excluding hydrogens is 665 g/mol. The summed E-state index contributed by atoms with van der Waals surface area (Å²) in [5, 5.41) is 21.2. The third-order valence-corrected chi connectivity index (χ3v) is 10.5. The van der Waals surface area contributed by atoms with Gasteiger partial charge in [-0.05, 0) is 107 Å². The number of anilines is 1. The van der Waals surface area contributed by atoms with Crippen LogP contribution in [0, 0.1) is 36.5 Å². The Balaban J connectivity index is 1.34. The van der Waals surface area contributed by atoms with Crippen molar-refractivity contribution in [3.63, 3.8) is 0 Å². The quantitative estimate of drug-likeness (QED) is 0.168. The molecule has 0 saturated carbocycles. The van der Waals surface area contributed by atoms with Gasteiger partial charge < -0.3 is 4.57 Å². The minimum absolute atomic E-state index is 0.337. The summed E-state index contributed by atoms with van der Waals surface area (Å²) < 4.78 is 2.10. The number of aromatic nitrogens is 1. The number of nitriles is 2. The van der Waals surface area contributed by atoms with Crippen LogP contribution < -0.4 is 4.90 Å². The Morgan fingerprint density at radius 2 is 0.963 bits per heavy atom. The molecule has 2 heterocycles. The molecule has 6 nitrogen and oxygen atoms in total. The molecule has 0 fully saturated rings. The lowest BCUT2D eigenvalue weighted by atomic mass is 9.91. The molecule has 1 aliphatic heterocycles. The van der Waals surface area contributed by atoms with E-state index in [-0.39, 0.29) is 11.8 Å². The number of aryl methyl sites for hydroxylation is 2. The first-order chi connectivity index (χ1) is 26.4. The molecule has 0 unspecified atom stereocenters. The highest BCUT2D eigenvalue weighted by Gasteiger charge is 2.40. The summed E-state index contributed by atoms with van der Waals surface area (Å²) in [6.45, 7) is 4.02. The van der Waals surface area contributed by atoms with Gasteiger partial charge in [-0.1, -0.05) is 91.0 Å². The maximum absolute atomic E-state index is 14.8. The Bertz CT molecular complexity index is 2860. The standard InChI is InChI=1S/C48H30N4O2/c1-29-25-31(27-49)21-23-34(29)37-14-8-18-41-44(37)45-38(35-24-22-32(28-50)26-30(35)2)15-9-19-42(45)51(41)43-20-10-16-39-46(43)48(54)52(47(39)53)40-17-7-6-13-36(40)33-11-4-3-5-12-33/h3-26H,1-2H3. The van der Waals surface area contributed by atoms with Gasteiger partial charge >= 0.3 is 0 Å². The molecule has 0 radical (unpaired) electrons. The predicted octanol–water partition coefficient (Wildman–Crippen LogP) is 10.9. The monoisotopic (exact) mass is 694 g/mol. The van der Waals surface area contributed by atoms with E-state index < -0.39 is 0 Å². The van der Waals surface area contributed by atoms with Gasteiger partial charge in [-0.25, -0.2) is 4.90 Å². The summed E-state index contributed by atoms with van der Waals surface area (Å²) in [5.74, 6) is -0.758. The first kappa shape index (κ1) is 32.4. The number of carbonyl (C=O) groups excluding carboxylic acids is 2. The second-order valence-corrected chi connectivity index (χ2v) is 13.5. The second-order valence-electron chi connectivity index (χ2n) is 13.5. The van der Waals surface area contributed by atoms with Gasteiger partial charge in [-0.2, -0.15) is 10.5 Å². The van der Waals surface area contributed by atoms with E-state index in [9.17, 15) is 20.1 Å². The summed E-state index contributed by atoms with van der Waals surface area (Å²) in [5.41, 5.74) is 12.2. The van der Waals surface area contributed by atoms with Gasteiger partial charge in [0.1, 0.15) is 0 Å². The summed E-state index contributed by atoms with van der Waals surface area (Å²) in [7, 11) is 0. The van der Waals surface area contributed by atoms with Crippen LogP contribution >= 0.6 is 0 Å². The first-order valence-corrected chi connectivity index (χ1v) is 17.6. The van der Waals surface area contributed by atoms with Crippen LogP contribution in [0.1, 0.15) is 43.0 Å². The van der Waals surface area contributed by atoms with E-state index in [0.717, 1.165) is 66.3 Å². The smallest absolute Gasteiger partial charge is 0.268 e. The van der Waals surface area contributed by atoms with Gasteiger partial charge in [-0.15, -0.1) is 0 Å². The molecule has 0 atom stereocenters. The fraction of sp³-hybridized carbons (Fsp3) is 0.0417. The number of fused-ring (bicyclic) bond motifs is 4. The number of hydrogen-bond donors (Lipinski definition) is 0. The average molecular weight is 695 g/mol. The minimum Gasteiger partial charge on any atom is -0.308 e. The van der Waals surface area contributed by atoms with Crippen molar-refractivity contribution < 1.29 is 9.59 Å². The van der Waals surface area contributed by atoms with Crippen molar-refractivity contribution >= 4 is 39.3 Å². The van der Waals surface area contributed by atoms with Gasteiger partial charge in [0.15, 0.2) is 0 Å². The van der Waals surface area contributed by atoms with Crippen molar-refractivity contribution in [3.05, 3.63) is 179 Å². The zero-order chi connectivity index (χ0) is 37.1. The largest absolute Gasteiger partial charge is 0.308 e. The van der Waals surface area contributed by atoms with Crippen molar-refractivity contribution in [2.24, 2.45) is 0 Å². The summed E-state index contributed by atoms with van der Waals surface area (Å²) in [4.78, 5) is 30.5. The molecule has 0 N–H and O–H groups in total. The lowest BCUT2D eigenvalue weighted by molar-refractivity contribution is 0.0926. The van der Waals surface area contributed by atoms with E-state index >= 15 is 0 Å². The van der Waals surface area contributed by atoms with Crippen LogP contribution in [0.5, 0.6) is 0 Å². The third kappa shape index (κ3) is 4.86. The van der Waals surface area contributed by atoms with Crippen molar-refractivity contribution in [1.82, 2.24) is 4.57 Å². The van der Waals surface area contributed by atoms with Crippen LogP contribution in [-0.4, -0.2) is 16.4 Å². The highest BCUT2D eigenvalue weighted by atomic mass is 16.2. The molecule has 0 spiro atoms. The number of benzene rings is 7. The third-order valence-electron chi connectivity index (χ3n) is 10.5. The Labute approximate surface area is 312 Å². The molecular formula is C48H30N4O2. The van der Waals surface area contributed by atoms with E-state index in [1.807, 2.05) is 129 Å². The van der Waals surface area contributed by atoms with E-state index in [1.54, 1.807) is 6.07 Å². The molecule has 1 aliphatic rings. The highest BCUT2D eigenvalue weighted by Crippen LogP contribution is 2.46. The number of para-hydroxylation sites is 1. The van der Waals surface area contributed by atoms with Crippen LogP contribution in [0.3, 0.4) is 0 Å². The summed E-state index contributed by atoms with van der Waals surface area (Å²) >= 11 is 0. The van der Waals surface area contributed by atoms with Crippen molar-refractivity contribution in [2.75, 3.05) is 4.90 Å². The normalized spacial score (nSPS) is 12.3. The molecule has 6 heteroatoms. The van der Waals surface area contributed by atoms with Gasteiger partial charge in [-0.3, -0.25) is 9.59 Å². The Kier molecular flexibility index (Phi) is 7.55. The lowest BCUT2D eigenvalue weighted by Crippen LogP contribution is -2.30. The molecule has 0 saturated heterocycles. The number of nitrogens with zero attached hydrogens (tertiary/aromatic N) is 4. The molecule has 54 heavy (non-hydrogen) atoms. The highest BCUT2D eigenvalue weighted by molar-refractivity contribution is 6.36. The fourth-order valence-electron chi connectivity index (χ4n) is 8.09. The minimum atomic E-state index is -0.387. The topological polar surface area (TPSA) is 89.9 Å². The van der Waals surface area contributed by atoms with Gasteiger partial charge in [0.2, 0.25) is 0 Å². The molecule has 2 amide bonds. The van der Waals surface area contributed by atoms with E-state index in [2.05, 4.69) is 41.0 Å². The summed E-state index contributed by atoms with van der Waals surface area (Å²) in [6, 6.07) is 51.0. The van der Waals surface area contributed by atoms with Crippen molar-refractivity contribution in [1.29, 1.82) is 10.5 Å². The number of hydrogen-bond acceptors (Lipinski definition) is 4. The zero-order valence-electron chi connectivity index (χ0n) is 29.5. The average Bonchev–Trinajstić information content (AvgIpc) is 3.68. The Morgan fingerprint density at radius 3 is 1.54 bits per heavy atom.